The number of hydrogen-bond donors (Lipinski definition) is 3. The SMILES string of the molecule is Oc1cc(O)c2c(c1O)COC2. The maximum Gasteiger partial charge on any atom is 0.163 e. The molecule has 1 aromatic rings. The minimum absolute atomic E-state index is 0.0298. The standard InChI is InChI=1S/C8H8O4/c9-6-1-7(10)8(11)5-3-12-2-4(5)6/h1,9-11H,2-3H2. The van der Waals surface area contributed by atoms with Crippen molar-refractivity contribution < 1.29 is 20.1 Å². The van der Waals surface area contributed by atoms with E-state index in [4.69, 9.17) is 9.84 Å². The van der Waals surface area contributed by atoms with Crippen LogP contribution in [-0.4, -0.2) is 15.3 Å². The summed E-state index contributed by atoms with van der Waals surface area (Å²) in [5, 5.41) is 27.7. The highest BCUT2D eigenvalue weighted by Gasteiger charge is 2.21. The molecule has 64 valence electrons. The van der Waals surface area contributed by atoms with Gasteiger partial charge in [-0.05, 0) is 0 Å². The molecule has 12 heavy (non-hydrogen) atoms. The first-order valence-corrected chi connectivity index (χ1v) is 3.53. The monoisotopic (exact) mass is 168 g/mol. The van der Waals surface area contributed by atoms with Gasteiger partial charge in [0.1, 0.15) is 5.75 Å². The summed E-state index contributed by atoms with van der Waals surface area (Å²) in [5.74, 6) is -0.533. The quantitative estimate of drug-likeness (QED) is 0.396. The van der Waals surface area contributed by atoms with Crippen molar-refractivity contribution in [1.82, 2.24) is 0 Å². The Bertz CT molecular complexity index is 332. The zero-order valence-corrected chi connectivity index (χ0v) is 6.24. The van der Waals surface area contributed by atoms with Crippen LogP contribution in [0.15, 0.2) is 6.07 Å². The summed E-state index contributed by atoms with van der Waals surface area (Å²) in [6.07, 6.45) is 0. The molecule has 1 aromatic carbocycles. The first-order chi connectivity index (χ1) is 5.70. The van der Waals surface area contributed by atoms with E-state index in [0.717, 1.165) is 6.07 Å². The fraction of sp³-hybridized carbons (Fsp3) is 0.250. The van der Waals surface area contributed by atoms with Crippen LogP contribution in [0.1, 0.15) is 11.1 Å². The molecule has 0 saturated heterocycles. The average molecular weight is 168 g/mol. The Morgan fingerprint density at radius 1 is 1.00 bits per heavy atom. The van der Waals surface area contributed by atoms with Crippen LogP contribution in [0.3, 0.4) is 0 Å². The van der Waals surface area contributed by atoms with Crippen LogP contribution < -0.4 is 0 Å². The van der Waals surface area contributed by atoms with Gasteiger partial charge in [-0.1, -0.05) is 0 Å². The van der Waals surface area contributed by atoms with E-state index in [1.54, 1.807) is 0 Å². The Morgan fingerprint density at radius 2 is 1.67 bits per heavy atom. The highest BCUT2D eigenvalue weighted by atomic mass is 16.5. The van der Waals surface area contributed by atoms with E-state index in [1.165, 1.54) is 0 Å². The number of benzene rings is 1. The number of hydrogen-bond acceptors (Lipinski definition) is 4. The van der Waals surface area contributed by atoms with Crippen molar-refractivity contribution in [3.63, 3.8) is 0 Å². The number of rotatable bonds is 0. The summed E-state index contributed by atoms with van der Waals surface area (Å²) in [7, 11) is 0. The smallest absolute Gasteiger partial charge is 0.163 e. The van der Waals surface area contributed by atoms with Crippen LogP contribution >= 0.6 is 0 Å². The lowest BCUT2D eigenvalue weighted by Crippen LogP contribution is -1.84. The molecule has 0 radical (unpaired) electrons. The molecule has 0 amide bonds. The number of phenols is 3. The van der Waals surface area contributed by atoms with Gasteiger partial charge >= 0.3 is 0 Å². The van der Waals surface area contributed by atoms with Gasteiger partial charge in [-0.15, -0.1) is 0 Å². The lowest BCUT2D eigenvalue weighted by atomic mass is 10.1. The molecular formula is C8H8O4. The van der Waals surface area contributed by atoms with Crippen molar-refractivity contribution in [1.29, 1.82) is 0 Å². The normalized spacial score (nSPS) is 14.7. The zero-order valence-electron chi connectivity index (χ0n) is 6.24. The third kappa shape index (κ3) is 0.816. The largest absolute Gasteiger partial charge is 0.507 e. The summed E-state index contributed by atoms with van der Waals surface area (Å²) in [4.78, 5) is 0. The minimum atomic E-state index is -0.309. The van der Waals surface area contributed by atoms with Gasteiger partial charge in [0.2, 0.25) is 0 Å². The van der Waals surface area contributed by atoms with E-state index in [9.17, 15) is 10.2 Å². The van der Waals surface area contributed by atoms with Crippen molar-refractivity contribution >= 4 is 0 Å². The second kappa shape index (κ2) is 2.28. The first-order valence-electron chi connectivity index (χ1n) is 3.53. The minimum Gasteiger partial charge on any atom is -0.507 e. The molecule has 1 heterocycles. The van der Waals surface area contributed by atoms with Gasteiger partial charge in [0.15, 0.2) is 11.5 Å². The van der Waals surface area contributed by atoms with E-state index < -0.39 is 0 Å². The molecule has 0 fully saturated rings. The molecule has 0 aromatic heterocycles. The summed E-state index contributed by atoms with van der Waals surface area (Å²) in [5.41, 5.74) is 1.04. The van der Waals surface area contributed by atoms with Crippen LogP contribution in [-0.2, 0) is 18.0 Å². The van der Waals surface area contributed by atoms with Gasteiger partial charge < -0.3 is 20.1 Å². The van der Waals surface area contributed by atoms with Gasteiger partial charge in [0, 0.05) is 17.2 Å². The molecule has 3 N–H and O–H groups in total. The molecule has 2 rings (SSSR count). The Kier molecular flexibility index (Phi) is 1.38. The summed E-state index contributed by atoms with van der Waals surface area (Å²) < 4.78 is 5.00. The Morgan fingerprint density at radius 3 is 2.42 bits per heavy atom. The molecule has 1 aliphatic heterocycles. The summed E-state index contributed by atoms with van der Waals surface area (Å²) >= 11 is 0. The summed E-state index contributed by atoms with van der Waals surface area (Å²) in [6.45, 7) is 0.526. The predicted octanol–water partition coefficient (Wildman–Crippen LogP) is 0.834. The average Bonchev–Trinajstić information content (AvgIpc) is 2.48. The van der Waals surface area contributed by atoms with Crippen molar-refractivity contribution in [2.24, 2.45) is 0 Å². The molecule has 4 heteroatoms. The van der Waals surface area contributed by atoms with Gasteiger partial charge in [-0.3, -0.25) is 0 Å². The molecular weight excluding hydrogens is 160 g/mol. The molecule has 0 atom stereocenters. The van der Waals surface area contributed by atoms with Crippen LogP contribution in [0, 0.1) is 0 Å². The van der Waals surface area contributed by atoms with Gasteiger partial charge in [-0.2, -0.15) is 0 Å². The first kappa shape index (κ1) is 7.24. The number of aromatic hydroxyl groups is 3. The molecule has 4 nitrogen and oxygen atoms in total. The van der Waals surface area contributed by atoms with E-state index >= 15 is 0 Å². The molecule has 0 aliphatic carbocycles. The fourth-order valence-corrected chi connectivity index (χ4v) is 1.31. The second-order valence-electron chi connectivity index (χ2n) is 2.71. The number of phenolic OH excluding ortho intramolecular Hbond substituents is 3. The Labute approximate surface area is 68.7 Å². The van der Waals surface area contributed by atoms with Crippen LogP contribution in [0.5, 0.6) is 17.2 Å². The zero-order chi connectivity index (χ0) is 8.72. The van der Waals surface area contributed by atoms with Crippen LogP contribution in [0.4, 0.5) is 0 Å². The highest BCUT2D eigenvalue weighted by molar-refractivity contribution is 5.55. The number of ether oxygens (including phenoxy) is 1. The van der Waals surface area contributed by atoms with Crippen LogP contribution in [0.2, 0.25) is 0 Å². The molecule has 0 bridgehead atoms. The Hall–Kier alpha value is -1.42. The van der Waals surface area contributed by atoms with Crippen LogP contribution in [0.25, 0.3) is 0 Å². The van der Waals surface area contributed by atoms with Gasteiger partial charge in [0.05, 0.1) is 13.2 Å². The molecule has 0 saturated carbocycles. The van der Waals surface area contributed by atoms with E-state index in [-0.39, 0.29) is 30.5 Å². The fourth-order valence-electron chi connectivity index (χ4n) is 1.31. The van der Waals surface area contributed by atoms with E-state index in [2.05, 4.69) is 0 Å². The van der Waals surface area contributed by atoms with E-state index in [1.807, 2.05) is 0 Å². The lowest BCUT2D eigenvalue weighted by Gasteiger charge is -2.04. The molecule has 0 unspecified atom stereocenters. The molecule has 0 spiro atoms. The molecule has 1 aliphatic rings. The Balaban J connectivity index is 2.69. The van der Waals surface area contributed by atoms with Crippen molar-refractivity contribution in [3.8, 4) is 17.2 Å². The van der Waals surface area contributed by atoms with Crippen molar-refractivity contribution in [2.75, 3.05) is 0 Å². The van der Waals surface area contributed by atoms with Crippen molar-refractivity contribution in [2.45, 2.75) is 13.2 Å². The summed E-state index contributed by atoms with van der Waals surface area (Å²) in [6, 6.07) is 1.11. The third-order valence-electron chi connectivity index (χ3n) is 1.97. The van der Waals surface area contributed by atoms with E-state index in [0.29, 0.717) is 11.1 Å². The lowest BCUT2D eigenvalue weighted by molar-refractivity contribution is 0.132. The third-order valence-corrected chi connectivity index (χ3v) is 1.97. The topological polar surface area (TPSA) is 69.9 Å². The second-order valence-corrected chi connectivity index (χ2v) is 2.71. The number of fused-ring (bicyclic) bond motifs is 1. The highest BCUT2D eigenvalue weighted by Crippen LogP contribution is 2.40. The maximum absolute atomic E-state index is 9.30. The van der Waals surface area contributed by atoms with Gasteiger partial charge in [0.25, 0.3) is 0 Å². The predicted molar refractivity (Wildman–Crippen MR) is 39.9 cm³/mol. The maximum atomic E-state index is 9.30. The van der Waals surface area contributed by atoms with Crippen molar-refractivity contribution in [3.05, 3.63) is 17.2 Å². The van der Waals surface area contributed by atoms with Gasteiger partial charge in [-0.25, -0.2) is 0 Å².